The lowest BCUT2D eigenvalue weighted by Crippen LogP contribution is -2.33. The first kappa shape index (κ1) is 22.5. The summed E-state index contributed by atoms with van der Waals surface area (Å²) in [5, 5.41) is 12.2. The van der Waals surface area contributed by atoms with E-state index in [9.17, 15) is 19.5 Å². The van der Waals surface area contributed by atoms with Gasteiger partial charge in [-0.3, -0.25) is 4.79 Å². The summed E-state index contributed by atoms with van der Waals surface area (Å²) in [4.78, 5) is 37.4. The summed E-state index contributed by atoms with van der Waals surface area (Å²) >= 11 is 0.954. The largest absolute Gasteiger partial charge is 0.478 e. The second-order valence-corrected chi connectivity index (χ2v) is 8.46. The molecule has 2 amide bonds. The highest BCUT2D eigenvalue weighted by molar-refractivity contribution is 7.11. The lowest BCUT2D eigenvalue weighted by atomic mass is 9.98. The molecule has 1 heterocycles. The Hall–Kier alpha value is -3.72. The molecule has 2 N–H and O–H groups in total. The molecule has 9 heteroatoms. The molecular formula is C24H23N3O5S. The molecule has 0 atom stereocenters. The standard InChI is InChI=1S/C24H23N3O5S/c1-14-21(23(29)30)22(33-26-14)27(2)20(28)11-12-25-24(31)32-13-19-17-9-5-3-7-15(17)16-8-4-6-10-18(16)19/h3-10,19H,11-13H2,1-2H3,(H,25,31)(H,29,30). The summed E-state index contributed by atoms with van der Waals surface area (Å²) < 4.78 is 9.48. The number of ether oxygens (including phenoxy) is 1. The molecule has 3 aromatic rings. The number of nitrogens with zero attached hydrogens (tertiary/aromatic N) is 2. The molecule has 0 spiro atoms. The molecule has 8 nitrogen and oxygen atoms in total. The number of carbonyl (C=O) groups excluding carboxylic acids is 2. The number of carbonyl (C=O) groups is 3. The van der Waals surface area contributed by atoms with Crippen LogP contribution in [0.4, 0.5) is 9.80 Å². The zero-order chi connectivity index (χ0) is 23.5. The van der Waals surface area contributed by atoms with Gasteiger partial charge < -0.3 is 20.1 Å². The van der Waals surface area contributed by atoms with E-state index in [0.29, 0.717) is 5.69 Å². The van der Waals surface area contributed by atoms with Gasteiger partial charge >= 0.3 is 12.1 Å². The Balaban J connectivity index is 1.30. The van der Waals surface area contributed by atoms with Gasteiger partial charge in [-0.25, -0.2) is 9.59 Å². The third kappa shape index (κ3) is 4.45. The van der Waals surface area contributed by atoms with E-state index in [1.54, 1.807) is 6.92 Å². The van der Waals surface area contributed by atoms with Crippen LogP contribution in [0.1, 0.15) is 39.5 Å². The minimum atomic E-state index is -1.13. The molecule has 0 fully saturated rings. The number of aromatic nitrogens is 1. The van der Waals surface area contributed by atoms with Crippen molar-refractivity contribution in [2.75, 3.05) is 25.1 Å². The second-order valence-electron chi connectivity index (χ2n) is 7.71. The minimum Gasteiger partial charge on any atom is -0.478 e. The maximum absolute atomic E-state index is 12.5. The molecule has 0 saturated heterocycles. The van der Waals surface area contributed by atoms with Gasteiger partial charge in [-0.2, -0.15) is 4.37 Å². The van der Waals surface area contributed by atoms with Crippen molar-refractivity contribution in [3.63, 3.8) is 0 Å². The van der Waals surface area contributed by atoms with Gasteiger partial charge in [0.15, 0.2) is 0 Å². The SMILES string of the molecule is Cc1nsc(N(C)C(=O)CCNC(=O)OCC2c3ccccc3-c3ccccc32)c1C(=O)O. The van der Waals surface area contributed by atoms with Crippen LogP contribution in [0.5, 0.6) is 0 Å². The Labute approximate surface area is 195 Å². The Morgan fingerprint density at radius 3 is 2.30 bits per heavy atom. The predicted octanol–water partition coefficient (Wildman–Crippen LogP) is 4.04. The molecule has 0 unspecified atom stereocenters. The van der Waals surface area contributed by atoms with Crippen LogP contribution in [0.15, 0.2) is 48.5 Å². The molecule has 170 valence electrons. The van der Waals surface area contributed by atoms with Crippen molar-refractivity contribution in [2.24, 2.45) is 0 Å². The van der Waals surface area contributed by atoms with Gasteiger partial charge in [0.1, 0.15) is 17.2 Å². The summed E-state index contributed by atoms with van der Waals surface area (Å²) in [5.74, 6) is -1.51. The van der Waals surface area contributed by atoms with Crippen molar-refractivity contribution in [3.05, 3.63) is 70.9 Å². The highest BCUT2D eigenvalue weighted by Crippen LogP contribution is 2.44. The number of aromatic carboxylic acids is 1. The van der Waals surface area contributed by atoms with Crippen molar-refractivity contribution in [2.45, 2.75) is 19.3 Å². The smallest absolute Gasteiger partial charge is 0.407 e. The van der Waals surface area contributed by atoms with Crippen LogP contribution in [0, 0.1) is 6.92 Å². The molecule has 1 aliphatic carbocycles. The number of amides is 2. The Kier molecular flexibility index (Phi) is 6.41. The van der Waals surface area contributed by atoms with Gasteiger partial charge in [-0.1, -0.05) is 48.5 Å². The first-order valence-electron chi connectivity index (χ1n) is 10.4. The van der Waals surface area contributed by atoms with Crippen LogP contribution in [-0.2, 0) is 9.53 Å². The van der Waals surface area contributed by atoms with Gasteiger partial charge in [0.25, 0.3) is 0 Å². The molecule has 1 aliphatic rings. The second kappa shape index (κ2) is 9.41. The third-order valence-electron chi connectivity index (χ3n) is 5.69. The fourth-order valence-electron chi connectivity index (χ4n) is 4.03. The van der Waals surface area contributed by atoms with E-state index in [-0.39, 0.29) is 42.0 Å². The number of carboxylic acid groups (broad SMARTS) is 1. The molecule has 0 bridgehead atoms. The third-order valence-corrected chi connectivity index (χ3v) is 6.71. The molecule has 0 radical (unpaired) electrons. The van der Waals surface area contributed by atoms with Crippen LogP contribution in [-0.4, -0.2) is 47.6 Å². The fourth-order valence-corrected chi connectivity index (χ4v) is 4.90. The van der Waals surface area contributed by atoms with Crippen molar-refractivity contribution in [1.29, 1.82) is 0 Å². The molecular weight excluding hydrogens is 442 g/mol. The lowest BCUT2D eigenvalue weighted by molar-refractivity contribution is -0.118. The molecule has 4 rings (SSSR count). The number of fused-ring (bicyclic) bond motifs is 3. The molecule has 2 aromatic carbocycles. The quantitative estimate of drug-likeness (QED) is 0.545. The minimum absolute atomic E-state index is 0.00327. The van der Waals surface area contributed by atoms with Gasteiger partial charge in [-0.15, -0.1) is 0 Å². The number of aryl methyl sites for hydroxylation is 1. The van der Waals surface area contributed by atoms with Crippen LogP contribution in [0.25, 0.3) is 11.1 Å². The Morgan fingerprint density at radius 1 is 1.09 bits per heavy atom. The van der Waals surface area contributed by atoms with Crippen LogP contribution >= 0.6 is 11.5 Å². The molecule has 0 saturated carbocycles. The highest BCUT2D eigenvalue weighted by atomic mass is 32.1. The lowest BCUT2D eigenvalue weighted by Gasteiger charge is -2.17. The predicted molar refractivity (Wildman–Crippen MR) is 125 cm³/mol. The monoisotopic (exact) mass is 465 g/mol. The number of alkyl carbamates (subject to hydrolysis) is 1. The maximum atomic E-state index is 12.5. The van der Waals surface area contributed by atoms with E-state index >= 15 is 0 Å². The van der Waals surface area contributed by atoms with Crippen LogP contribution < -0.4 is 10.2 Å². The number of hydrogen-bond acceptors (Lipinski definition) is 6. The summed E-state index contributed by atoms with van der Waals surface area (Å²) in [5.41, 5.74) is 4.92. The van der Waals surface area contributed by atoms with E-state index < -0.39 is 12.1 Å². The van der Waals surface area contributed by atoms with E-state index in [2.05, 4.69) is 21.8 Å². The summed E-state index contributed by atoms with van der Waals surface area (Å²) in [6.07, 6.45) is -0.608. The zero-order valence-electron chi connectivity index (χ0n) is 18.2. The average Bonchev–Trinajstić information content (AvgIpc) is 3.35. The average molecular weight is 466 g/mol. The van der Waals surface area contributed by atoms with Gasteiger partial charge in [0, 0.05) is 25.9 Å². The van der Waals surface area contributed by atoms with E-state index in [1.165, 1.54) is 11.9 Å². The van der Waals surface area contributed by atoms with E-state index in [1.807, 2.05) is 36.4 Å². The Morgan fingerprint density at radius 2 is 1.70 bits per heavy atom. The van der Waals surface area contributed by atoms with Crippen molar-refractivity contribution < 1.29 is 24.2 Å². The van der Waals surface area contributed by atoms with E-state index in [0.717, 1.165) is 33.8 Å². The normalized spacial score (nSPS) is 12.1. The highest BCUT2D eigenvalue weighted by Gasteiger charge is 2.29. The topological polar surface area (TPSA) is 109 Å². The Bertz CT molecular complexity index is 1180. The number of carboxylic acids is 1. The number of anilines is 1. The van der Waals surface area contributed by atoms with Gasteiger partial charge in [0.05, 0.1) is 5.69 Å². The number of nitrogens with one attached hydrogen (secondary N) is 1. The summed E-state index contributed by atoms with van der Waals surface area (Å²) in [6, 6.07) is 16.2. The molecule has 0 aliphatic heterocycles. The summed E-state index contributed by atoms with van der Waals surface area (Å²) in [6.45, 7) is 1.84. The maximum Gasteiger partial charge on any atom is 0.407 e. The van der Waals surface area contributed by atoms with Crippen LogP contribution in [0.2, 0.25) is 0 Å². The first-order chi connectivity index (χ1) is 15.9. The number of hydrogen-bond donors (Lipinski definition) is 2. The molecule has 1 aromatic heterocycles. The van der Waals surface area contributed by atoms with Crippen molar-refractivity contribution in [1.82, 2.24) is 9.69 Å². The van der Waals surface area contributed by atoms with E-state index in [4.69, 9.17) is 4.74 Å². The number of rotatable bonds is 7. The zero-order valence-corrected chi connectivity index (χ0v) is 19.0. The summed E-state index contributed by atoms with van der Waals surface area (Å²) in [7, 11) is 1.50. The van der Waals surface area contributed by atoms with Gasteiger partial charge in [-0.05, 0) is 40.7 Å². The van der Waals surface area contributed by atoms with Crippen molar-refractivity contribution >= 4 is 34.5 Å². The van der Waals surface area contributed by atoms with Crippen molar-refractivity contribution in [3.8, 4) is 11.1 Å². The number of benzene rings is 2. The first-order valence-corrected chi connectivity index (χ1v) is 11.2. The molecule has 33 heavy (non-hydrogen) atoms. The van der Waals surface area contributed by atoms with Gasteiger partial charge in [0.2, 0.25) is 5.91 Å². The van der Waals surface area contributed by atoms with Crippen LogP contribution in [0.3, 0.4) is 0 Å². The fraction of sp³-hybridized carbons (Fsp3) is 0.250.